The standard InChI is InChI=1S/C20H23N3O5/c24-18(23-15-9-13(19(25)26)8-14(10-15)20(27)28)17-16(21-11-22-17)7-12-5-3-1-2-4-6-12/h8-12H,1-7H2,(H,21,22)(H,23,24)(H,25,26)(H,27,28). The zero-order valence-electron chi connectivity index (χ0n) is 15.4. The van der Waals surface area contributed by atoms with Gasteiger partial charge in [0.25, 0.3) is 5.91 Å². The lowest BCUT2D eigenvalue weighted by molar-refractivity contribution is 0.0696. The molecule has 1 saturated carbocycles. The molecule has 3 rings (SSSR count). The number of carbonyl (C=O) groups is 3. The number of hydrogen-bond donors (Lipinski definition) is 4. The van der Waals surface area contributed by atoms with Crippen molar-refractivity contribution in [3.63, 3.8) is 0 Å². The summed E-state index contributed by atoms with van der Waals surface area (Å²) in [6, 6.07) is 3.50. The van der Waals surface area contributed by atoms with Gasteiger partial charge in [0.05, 0.1) is 17.5 Å². The third kappa shape index (κ3) is 4.76. The number of aromatic amines is 1. The molecule has 1 aliphatic rings. The van der Waals surface area contributed by atoms with Crippen LogP contribution in [-0.2, 0) is 6.42 Å². The maximum absolute atomic E-state index is 12.7. The van der Waals surface area contributed by atoms with Crippen molar-refractivity contribution < 1.29 is 24.6 Å². The molecule has 0 aliphatic heterocycles. The van der Waals surface area contributed by atoms with Gasteiger partial charge in [-0.1, -0.05) is 38.5 Å². The Hall–Kier alpha value is -3.16. The largest absolute Gasteiger partial charge is 0.478 e. The molecule has 0 radical (unpaired) electrons. The minimum atomic E-state index is -1.27. The molecule has 1 amide bonds. The van der Waals surface area contributed by atoms with Crippen molar-refractivity contribution in [2.75, 3.05) is 5.32 Å². The van der Waals surface area contributed by atoms with Gasteiger partial charge in [-0.15, -0.1) is 0 Å². The SMILES string of the molecule is O=C(O)c1cc(NC(=O)c2nc[nH]c2CC2CCCCCC2)cc(C(=O)O)c1. The molecule has 4 N–H and O–H groups in total. The minimum Gasteiger partial charge on any atom is -0.478 e. The molecule has 8 heteroatoms. The van der Waals surface area contributed by atoms with Crippen LogP contribution in [0.15, 0.2) is 24.5 Å². The van der Waals surface area contributed by atoms with Crippen molar-refractivity contribution in [1.29, 1.82) is 0 Å². The summed E-state index contributed by atoms with van der Waals surface area (Å²) in [5.74, 6) is -2.54. The topological polar surface area (TPSA) is 132 Å². The van der Waals surface area contributed by atoms with E-state index in [0.29, 0.717) is 5.92 Å². The van der Waals surface area contributed by atoms with Crippen LogP contribution in [0.1, 0.15) is 75.4 Å². The Kier molecular flexibility index (Phi) is 6.08. The average molecular weight is 385 g/mol. The molecule has 1 heterocycles. The Bertz CT molecular complexity index is 849. The molecular formula is C20H23N3O5. The van der Waals surface area contributed by atoms with Crippen LogP contribution in [0.4, 0.5) is 5.69 Å². The van der Waals surface area contributed by atoms with E-state index < -0.39 is 17.8 Å². The van der Waals surface area contributed by atoms with Gasteiger partial charge in [-0.05, 0) is 30.5 Å². The van der Waals surface area contributed by atoms with Crippen LogP contribution in [0.5, 0.6) is 0 Å². The molecular weight excluding hydrogens is 362 g/mol. The number of carboxylic acid groups (broad SMARTS) is 2. The van der Waals surface area contributed by atoms with Crippen molar-refractivity contribution in [2.45, 2.75) is 44.9 Å². The van der Waals surface area contributed by atoms with Crippen molar-refractivity contribution in [3.8, 4) is 0 Å². The summed E-state index contributed by atoms with van der Waals surface area (Å²) in [6.45, 7) is 0. The Morgan fingerprint density at radius 3 is 2.18 bits per heavy atom. The predicted molar refractivity (Wildman–Crippen MR) is 102 cm³/mol. The lowest BCUT2D eigenvalue weighted by Crippen LogP contribution is -2.17. The molecule has 0 bridgehead atoms. The van der Waals surface area contributed by atoms with E-state index in [1.54, 1.807) is 0 Å². The van der Waals surface area contributed by atoms with Crippen LogP contribution in [0.25, 0.3) is 0 Å². The van der Waals surface area contributed by atoms with Crippen LogP contribution >= 0.6 is 0 Å². The number of nitrogens with one attached hydrogen (secondary N) is 2. The normalized spacial score (nSPS) is 15.0. The summed E-state index contributed by atoms with van der Waals surface area (Å²) in [7, 11) is 0. The molecule has 28 heavy (non-hydrogen) atoms. The highest BCUT2D eigenvalue weighted by Crippen LogP contribution is 2.26. The summed E-state index contributed by atoms with van der Waals surface area (Å²) in [6.07, 6.45) is 9.35. The van der Waals surface area contributed by atoms with Crippen LogP contribution in [0, 0.1) is 5.92 Å². The number of imidazole rings is 1. The molecule has 1 aliphatic carbocycles. The van der Waals surface area contributed by atoms with Gasteiger partial charge in [-0.25, -0.2) is 14.6 Å². The van der Waals surface area contributed by atoms with Crippen LogP contribution < -0.4 is 5.32 Å². The van der Waals surface area contributed by atoms with E-state index in [9.17, 15) is 14.4 Å². The highest BCUT2D eigenvalue weighted by atomic mass is 16.4. The van der Waals surface area contributed by atoms with Crippen molar-refractivity contribution in [1.82, 2.24) is 9.97 Å². The molecule has 2 aromatic rings. The lowest BCUT2D eigenvalue weighted by atomic mass is 9.94. The van der Waals surface area contributed by atoms with Gasteiger partial charge >= 0.3 is 11.9 Å². The number of hydrogen-bond acceptors (Lipinski definition) is 4. The summed E-state index contributed by atoms with van der Waals surface area (Å²) < 4.78 is 0. The fourth-order valence-electron chi connectivity index (χ4n) is 3.67. The van der Waals surface area contributed by atoms with Crippen LogP contribution in [0.3, 0.4) is 0 Å². The Balaban J connectivity index is 1.77. The number of aromatic carboxylic acids is 2. The maximum Gasteiger partial charge on any atom is 0.335 e. The minimum absolute atomic E-state index is 0.103. The van der Waals surface area contributed by atoms with Gasteiger partial charge in [0.1, 0.15) is 5.69 Å². The van der Waals surface area contributed by atoms with Crippen molar-refractivity contribution in [3.05, 3.63) is 47.0 Å². The van der Waals surface area contributed by atoms with Gasteiger partial charge in [-0.2, -0.15) is 0 Å². The Morgan fingerprint density at radius 2 is 1.61 bits per heavy atom. The van der Waals surface area contributed by atoms with E-state index in [4.69, 9.17) is 10.2 Å². The fraction of sp³-hybridized carbons (Fsp3) is 0.400. The third-order valence-corrected chi connectivity index (χ3v) is 5.09. The molecule has 0 spiro atoms. The number of carboxylic acids is 2. The number of H-pyrrole nitrogens is 1. The molecule has 1 fully saturated rings. The zero-order chi connectivity index (χ0) is 20.1. The second-order valence-electron chi connectivity index (χ2n) is 7.15. The van der Waals surface area contributed by atoms with E-state index >= 15 is 0 Å². The molecule has 0 unspecified atom stereocenters. The van der Waals surface area contributed by atoms with Gasteiger partial charge in [-0.3, -0.25) is 4.79 Å². The number of nitrogens with zero attached hydrogens (tertiary/aromatic N) is 1. The lowest BCUT2D eigenvalue weighted by Gasteiger charge is -2.13. The molecule has 1 aromatic carbocycles. The van der Waals surface area contributed by atoms with Gasteiger partial charge in [0.2, 0.25) is 0 Å². The first-order chi connectivity index (χ1) is 13.4. The highest BCUT2D eigenvalue weighted by molar-refractivity contribution is 6.05. The highest BCUT2D eigenvalue weighted by Gasteiger charge is 2.21. The number of benzene rings is 1. The molecule has 0 atom stereocenters. The number of amides is 1. The molecule has 148 valence electrons. The first-order valence-corrected chi connectivity index (χ1v) is 9.39. The summed E-state index contributed by atoms with van der Waals surface area (Å²) in [5, 5.41) is 20.9. The predicted octanol–water partition coefficient (Wildman–Crippen LogP) is 3.57. The van der Waals surface area contributed by atoms with Gasteiger partial charge in [0, 0.05) is 11.4 Å². The Morgan fingerprint density at radius 1 is 1.00 bits per heavy atom. The zero-order valence-corrected chi connectivity index (χ0v) is 15.4. The monoisotopic (exact) mass is 385 g/mol. The number of rotatable bonds is 6. The van der Waals surface area contributed by atoms with Crippen LogP contribution in [-0.4, -0.2) is 38.0 Å². The number of carbonyl (C=O) groups excluding carboxylic acids is 1. The number of anilines is 1. The van der Waals surface area contributed by atoms with Crippen molar-refractivity contribution in [2.24, 2.45) is 5.92 Å². The van der Waals surface area contributed by atoms with Crippen molar-refractivity contribution >= 4 is 23.5 Å². The fourth-order valence-corrected chi connectivity index (χ4v) is 3.67. The van der Waals surface area contributed by atoms with Crippen LogP contribution in [0.2, 0.25) is 0 Å². The first-order valence-electron chi connectivity index (χ1n) is 9.39. The van der Waals surface area contributed by atoms with E-state index in [0.717, 1.165) is 31.0 Å². The Labute approximate surface area is 162 Å². The van der Waals surface area contributed by atoms with Gasteiger partial charge in [0.15, 0.2) is 0 Å². The average Bonchev–Trinajstić information content (AvgIpc) is 2.96. The van der Waals surface area contributed by atoms with Gasteiger partial charge < -0.3 is 20.5 Å². The smallest absolute Gasteiger partial charge is 0.335 e. The summed E-state index contributed by atoms with van der Waals surface area (Å²) in [4.78, 5) is 42.3. The van der Waals surface area contributed by atoms with E-state index in [1.165, 1.54) is 44.1 Å². The number of aromatic nitrogens is 2. The maximum atomic E-state index is 12.7. The quantitative estimate of drug-likeness (QED) is 0.562. The van der Waals surface area contributed by atoms with E-state index in [-0.39, 0.29) is 22.5 Å². The third-order valence-electron chi connectivity index (χ3n) is 5.09. The second kappa shape index (κ2) is 8.69. The second-order valence-corrected chi connectivity index (χ2v) is 7.15. The van der Waals surface area contributed by atoms with E-state index in [1.807, 2.05) is 0 Å². The molecule has 8 nitrogen and oxygen atoms in total. The molecule has 0 saturated heterocycles. The molecule has 1 aromatic heterocycles. The summed E-state index contributed by atoms with van der Waals surface area (Å²) >= 11 is 0. The van der Waals surface area contributed by atoms with E-state index in [2.05, 4.69) is 15.3 Å². The first kappa shape index (κ1) is 19.6. The summed E-state index contributed by atoms with van der Waals surface area (Å²) in [5.41, 5.74) is 0.677.